The van der Waals surface area contributed by atoms with Crippen LogP contribution in [-0.4, -0.2) is 0 Å². The molecule has 1 spiro atoms. The van der Waals surface area contributed by atoms with E-state index in [1.807, 2.05) is 0 Å². The van der Waals surface area contributed by atoms with Crippen LogP contribution in [0.15, 0.2) is 218 Å². The second-order valence-corrected chi connectivity index (χ2v) is 15.2. The van der Waals surface area contributed by atoms with Gasteiger partial charge in [-0.05, 0) is 137 Å². The van der Waals surface area contributed by atoms with Crippen LogP contribution >= 0.6 is 0 Å². The first-order valence-electron chi connectivity index (χ1n) is 19.6. The zero-order valence-electron chi connectivity index (χ0n) is 31.0. The summed E-state index contributed by atoms with van der Waals surface area (Å²) in [4.78, 5) is 0. The summed E-state index contributed by atoms with van der Waals surface area (Å²) in [6.07, 6.45) is 0.874. The highest BCUT2D eigenvalue weighted by Crippen LogP contribution is 2.60. The second kappa shape index (κ2) is 13.1. The number of rotatable bonds is 5. The molecular formula is C56H38. The van der Waals surface area contributed by atoms with E-state index < -0.39 is 5.41 Å². The minimum atomic E-state index is -0.442. The van der Waals surface area contributed by atoms with Crippen molar-refractivity contribution in [1.82, 2.24) is 0 Å². The van der Waals surface area contributed by atoms with Gasteiger partial charge in [0, 0.05) is 0 Å². The molecule has 0 aromatic heterocycles. The van der Waals surface area contributed by atoms with E-state index in [2.05, 4.69) is 218 Å². The van der Waals surface area contributed by atoms with Gasteiger partial charge in [0.1, 0.15) is 0 Å². The lowest BCUT2D eigenvalue weighted by molar-refractivity contribution is 0.722. The standard InChI is InChI=1S/C56H38/c1-4-15-38(16-5-1)41-21-14-22-42(31-41)44-27-28-45-33-49-32-43(48-35-46(39-17-6-2-7-18-39)34-47(36-48)40-19-8-3-9-20-40)29-30-52(49)56(55(45)37-44)53-25-12-10-23-50(53)51-24-11-13-26-54(51)56/h1-32,34-37H,33H2. The van der Waals surface area contributed by atoms with Crippen LogP contribution in [0.25, 0.3) is 66.8 Å². The van der Waals surface area contributed by atoms with E-state index in [9.17, 15) is 0 Å². The quantitative estimate of drug-likeness (QED) is 0.167. The van der Waals surface area contributed by atoms with Gasteiger partial charge in [-0.2, -0.15) is 0 Å². The maximum atomic E-state index is 2.50. The zero-order chi connectivity index (χ0) is 37.1. The third-order valence-electron chi connectivity index (χ3n) is 12.1. The Kier molecular flexibility index (Phi) is 7.57. The molecule has 9 aromatic carbocycles. The van der Waals surface area contributed by atoms with Crippen molar-refractivity contribution < 1.29 is 0 Å². The molecule has 0 fully saturated rings. The fourth-order valence-electron chi connectivity index (χ4n) is 9.61. The van der Waals surface area contributed by atoms with Crippen molar-refractivity contribution in [2.24, 2.45) is 0 Å². The van der Waals surface area contributed by atoms with Crippen molar-refractivity contribution in [3.63, 3.8) is 0 Å². The lowest BCUT2D eigenvalue weighted by Crippen LogP contribution is -2.34. The van der Waals surface area contributed by atoms with E-state index in [4.69, 9.17) is 0 Å². The molecule has 262 valence electrons. The molecule has 9 aromatic rings. The predicted octanol–water partition coefficient (Wildman–Crippen LogP) is 14.3. The maximum absolute atomic E-state index is 2.50. The van der Waals surface area contributed by atoms with E-state index >= 15 is 0 Å². The molecule has 2 aliphatic rings. The Bertz CT molecular complexity index is 2810. The van der Waals surface area contributed by atoms with Crippen LogP contribution < -0.4 is 0 Å². The summed E-state index contributed by atoms with van der Waals surface area (Å²) in [6, 6.07) is 81.1. The molecule has 0 radical (unpaired) electrons. The van der Waals surface area contributed by atoms with Gasteiger partial charge in [-0.15, -0.1) is 0 Å². The molecule has 0 saturated carbocycles. The Balaban J connectivity index is 1.12. The van der Waals surface area contributed by atoms with Gasteiger partial charge in [-0.1, -0.05) is 188 Å². The SMILES string of the molecule is c1ccc(-c2cccc(-c3ccc4c(c3)C3(c5ccc(-c6cc(-c7ccccc7)cc(-c7ccccc7)c6)cc5C4)c4ccccc4-c4ccccc43)c2)cc1. The van der Waals surface area contributed by atoms with Gasteiger partial charge in [-0.3, -0.25) is 0 Å². The van der Waals surface area contributed by atoms with Gasteiger partial charge in [0.2, 0.25) is 0 Å². The normalized spacial score (nSPS) is 13.1. The van der Waals surface area contributed by atoms with Gasteiger partial charge in [0.15, 0.2) is 0 Å². The van der Waals surface area contributed by atoms with Crippen LogP contribution in [-0.2, 0) is 11.8 Å². The van der Waals surface area contributed by atoms with Crippen molar-refractivity contribution in [3.8, 4) is 66.8 Å². The van der Waals surface area contributed by atoms with Crippen molar-refractivity contribution >= 4 is 0 Å². The van der Waals surface area contributed by atoms with Crippen molar-refractivity contribution in [2.45, 2.75) is 11.8 Å². The lowest BCUT2D eigenvalue weighted by Gasteiger charge is -2.40. The maximum Gasteiger partial charge on any atom is 0.0719 e. The number of benzene rings is 9. The van der Waals surface area contributed by atoms with Crippen LogP contribution in [0.3, 0.4) is 0 Å². The van der Waals surface area contributed by atoms with Crippen molar-refractivity contribution in [1.29, 1.82) is 0 Å². The Labute approximate surface area is 329 Å². The Morgan fingerprint density at radius 3 is 1.23 bits per heavy atom. The summed E-state index contributed by atoms with van der Waals surface area (Å²) in [5.74, 6) is 0. The van der Waals surface area contributed by atoms with Crippen LogP contribution in [0.1, 0.15) is 33.4 Å². The average Bonchev–Trinajstić information content (AvgIpc) is 3.57. The third kappa shape index (κ3) is 5.14. The first kappa shape index (κ1) is 32.4. The van der Waals surface area contributed by atoms with Crippen LogP contribution in [0.4, 0.5) is 0 Å². The molecule has 0 unspecified atom stereocenters. The number of hydrogen-bond acceptors (Lipinski definition) is 0. The van der Waals surface area contributed by atoms with Gasteiger partial charge in [0.05, 0.1) is 5.41 Å². The van der Waals surface area contributed by atoms with E-state index in [-0.39, 0.29) is 0 Å². The first-order chi connectivity index (χ1) is 27.7. The largest absolute Gasteiger partial charge is 0.0719 e. The average molecular weight is 711 g/mol. The Morgan fingerprint density at radius 1 is 0.232 bits per heavy atom. The van der Waals surface area contributed by atoms with E-state index in [0.717, 1.165) is 6.42 Å². The highest BCUT2D eigenvalue weighted by molar-refractivity contribution is 5.89. The summed E-state index contributed by atoms with van der Waals surface area (Å²) < 4.78 is 0. The minimum absolute atomic E-state index is 0.442. The van der Waals surface area contributed by atoms with Gasteiger partial charge >= 0.3 is 0 Å². The smallest absolute Gasteiger partial charge is 0.0622 e. The highest BCUT2D eigenvalue weighted by atomic mass is 14.5. The summed E-state index contributed by atoms with van der Waals surface area (Å²) in [5, 5.41) is 0. The molecule has 0 heteroatoms. The zero-order valence-corrected chi connectivity index (χ0v) is 31.0. The van der Waals surface area contributed by atoms with Gasteiger partial charge in [0.25, 0.3) is 0 Å². The lowest BCUT2D eigenvalue weighted by atomic mass is 9.61. The molecule has 0 bridgehead atoms. The molecule has 11 rings (SSSR count). The molecule has 0 amide bonds. The number of fused-ring (bicyclic) bond motifs is 9. The van der Waals surface area contributed by atoms with Gasteiger partial charge < -0.3 is 0 Å². The molecule has 2 aliphatic carbocycles. The molecule has 0 heterocycles. The molecular weight excluding hydrogens is 673 g/mol. The summed E-state index contributed by atoms with van der Waals surface area (Å²) in [6.45, 7) is 0. The van der Waals surface area contributed by atoms with Crippen molar-refractivity contribution in [2.75, 3.05) is 0 Å². The number of hydrogen-bond donors (Lipinski definition) is 0. The topological polar surface area (TPSA) is 0 Å². The van der Waals surface area contributed by atoms with Gasteiger partial charge in [-0.25, -0.2) is 0 Å². The molecule has 0 aliphatic heterocycles. The molecule has 0 nitrogen and oxygen atoms in total. The minimum Gasteiger partial charge on any atom is -0.0622 e. The Morgan fingerprint density at radius 2 is 0.643 bits per heavy atom. The summed E-state index contributed by atoms with van der Waals surface area (Å²) in [7, 11) is 0. The van der Waals surface area contributed by atoms with Crippen LogP contribution in [0.5, 0.6) is 0 Å². The fourth-order valence-corrected chi connectivity index (χ4v) is 9.61. The first-order valence-corrected chi connectivity index (χ1v) is 19.6. The predicted molar refractivity (Wildman–Crippen MR) is 234 cm³/mol. The molecule has 0 saturated heterocycles. The van der Waals surface area contributed by atoms with Crippen molar-refractivity contribution in [3.05, 3.63) is 252 Å². The van der Waals surface area contributed by atoms with Crippen LogP contribution in [0, 0.1) is 0 Å². The summed E-state index contributed by atoms with van der Waals surface area (Å²) in [5.41, 5.74) is 22.8. The Hall–Kier alpha value is -7.02. The third-order valence-corrected chi connectivity index (χ3v) is 12.1. The monoisotopic (exact) mass is 710 g/mol. The van der Waals surface area contributed by atoms with E-state index in [1.165, 1.54) is 100 Å². The summed E-state index contributed by atoms with van der Waals surface area (Å²) >= 11 is 0. The molecule has 0 atom stereocenters. The van der Waals surface area contributed by atoms with E-state index in [0.29, 0.717) is 0 Å². The second-order valence-electron chi connectivity index (χ2n) is 15.2. The highest BCUT2D eigenvalue weighted by Gasteiger charge is 2.49. The van der Waals surface area contributed by atoms with Crippen LogP contribution in [0.2, 0.25) is 0 Å². The van der Waals surface area contributed by atoms with E-state index in [1.54, 1.807) is 0 Å². The molecule has 0 N–H and O–H groups in total. The molecule has 56 heavy (non-hydrogen) atoms. The fraction of sp³-hybridized carbons (Fsp3) is 0.0357.